The van der Waals surface area contributed by atoms with E-state index in [9.17, 15) is 29.5 Å². The zero-order chi connectivity index (χ0) is 27.7. The second-order valence-electron chi connectivity index (χ2n) is 9.66. The van der Waals surface area contributed by atoms with E-state index in [1.165, 1.54) is 0 Å². The molecule has 1 heterocycles. The van der Waals surface area contributed by atoms with E-state index in [4.69, 9.17) is 0 Å². The normalized spacial score (nSPS) is 15.1. The van der Waals surface area contributed by atoms with Crippen LogP contribution in [0.5, 0.6) is 0 Å². The van der Waals surface area contributed by atoms with Crippen LogP contribution >= 0.6 is 0 Å². The molecule has 0 spiro atoms. The number of nitrogens with zero attached hydrogens (tertiary/aromatic N) is 2. The van der Waals surface area contributed by atoms with Gasteiger partial charge in [0, 0.05) is 5.56 Å². The molecule has 10 heteroatoms. The fourth-order valence-electron chi connectivity index (χ4n) is 4.71. The zero-order valence-corrected chi connectivity index (χ0v) is 21.9. The van der Waals surface area contributed by atoms with Gasteiger partial charge in [-0.05, 0) is 43.4 Å². The van der Waals surface area contributed by atoms with Gasteiger partial charge in [0.2, 0.25) is 12.3 Å². The molecule has 0 saturated heterocycles. The maximum Gasteiger partial charge on any atom is 0.314 e. The van der Waals surface area contributed by atoms with Gasteiger partial charge in [-0.3, -0.25) is 24.4 Å². The smallest absolute Gasteiger partial charge is 0.314 e. The Morgan fingerprint density at radius 2 is 1.79 bits per heavy atom. The van der Waals surface area contributed by atoms with E-state index in [-0.39, 0.29) is 18.3 Å². The van der Waals surface area contributed by atoms with Crippen molar-refractivity contribution in [1.29, 1.82) is 0 Å². The standard InChI is InChI=1S/C28H36N4O6/c1-3-5-6-8-21(24(4-2)32(38)18-33)25(34)29-17-30-26(35)23-10-7-9-22(31-23)19-11-13-20(14-12-19)28(15-16-28)27(36)37/h7,9-14,18,21,24,38H,3-6,8,15-17H2,1-2H3,(H,29,34)(H,30,35)(H,36,37)/t21-,24-/m1/s1. The topological polar surface area (TPSA) is 149 Å². The van der Waals surface area contributed by atoms with Crippen molar-refractivity contribution in [3.63, 3.8) is 0 Å². The first-order valence-electron chi connectivity index (χ1n) is 13.1. The van der Waals surface area contributed by atoms with Gasteiger partial charge in [-0.15, -0.1) is 0 Å². The highest BCUT2D eigenvalue weighted by atomic mass is 16.5. The molecule has 1 aromatic carbocycles. The number of pyridine rings is 1. The van der Waals surface area contributed by atoms with E-state index < -0.39 is 29.3 Å². The van der Waals surface area contributed by atoms with Crippen molar-refractivity contribution in [2.75, 3.05) is 6.67 Å². The minimum atomic E-state index is -0.816. The van der Waals surface area contributed by atoms with Gasteiger partial charge in [-0.25, -0.2) is 10.0 Å². The van der Waals surface area contributed by atoms with Crippen LogP contribution in [0.15, 0.2) is 42.5 Å². The van der Waals surface area contributed by atoms with Crippen molar-refractivity contribution in [2.24, 2.45) is 5.92 Å². The van der Waals surface area contributed by atoms with Gasteiger partial charge in [-0.1, -0.05) is 63.4 Å². The number of carbonyl (C=O) groups excluding carboxylic acids is 3. The lowest BCUT2D eigenvalue weighted by molar-refractivity contribution is -0.168. The average molecular weight is 525 g/mol. The number of carboxylic acid groups (broad SMARTS) is 1. The van der Waals surface area contributed by atoms with Gasteiger partial charge in [0.15, 0.2) is 0 Å². The maximum atomic E-state index is 12.9. The van der Waals surface area contributed by atoms with Crippen LogP contribution in [0.4, 0.5) is 0 Å². The fraction of sp³-hybridized carbons (Fsp3) is 0.464. The van der Waals surface area contributed by atoms with Crippen LogP contribution in [0, 0.1) is 5.92 Å². The van der Waals surface area contributed by atoms with E-state index in [1.54, 1.807) is 49.4 Å². The summed E-state index contributed by atoms with van der Waals surface area (Å²) in [7, 11) is 0. The summed E-state index contributed by atoms with van der Waals surface area (Å²) in [6.07, 6.45) is 5.14. The molecule has 1 fully saturated rings. The Morgan fingerprint density at radius 1 is 1.08 bits per heavy atom. The first kappa shape index (κ1) is 28.8. The highest BCUT2D eigenvalue weighted by Gasteiger charge is 2.51. The number of hydrogen-bond donors (Lipinski definition) is 4. The molecule has 204 valence electrons. The van der Waals surface area contributed by atoms with Crippen molar-refractivity contribution in [2.45, 2.75) is 70.3 Å². The fourth-order valence-corrected chi connectivity index (χ4v) is 4.71. The Bertz CT molecular complexity index is 1130. The molecule has 1 aliphatic rings. The third-order valence-corrected chi connectivity index (χ3v) is 7.17. The van der Waals surface area contributed by atoms with E-state index in [2.05, 4.69) is 15.6 Å². The van der Waals surface area contributed by atoms with Crippen LogP contribution in [-0.2, 0) is 19.8 Å². The first-order valence-corrected chi connectivity index (χ1v) is 13.1. The van der Waals surface area contributed by atoms with Crippen molar-refractivity contribution in [3.8, 4) is 11.3 Å². The van der Waals surface area contributed by atoms with Crippen LogP contribution in [0.3, 0.4) is 0 Å². The molecule has 2 atom stereocenters. The zero-order valence-electron chi connectivity index (χ0n) is 21.9. The highest BCUT2D eigenvalue weighted by Crippen LogP contribution is 2.48. The molecule has 0 radical (unpaired) electrons. The van der Waals surface area contributed by atoms with E-state index in [1.807, 2.05) is 6.92 Å². The average Bonchev–Trinajstić information content (AvgIpc) is 3.75. The summed E-state index contributed by atoms with van der Waals surface area (Å²) in [4.78, 5) is 52.7. The molecule has 10 nitrogen and oxygen atoms in total. The van der Waals surface area contributed by atoms with Crippen LogP contribution < -0.4 is 10.6 Å². The Labute approximate surface area is 222 Å². The first-order chi connectivity index (χ1) is 18.3. The Balaban J connectivity index is 1.61. The number of hydroxylamine groups is 2. The Morgan fingerprint density at radius 3 is 2.37 bits per heavy atom. The van der Waals surface area contributed by atoms with Crippen LogP contribution in [0.25, 0.3) is 11.3 Å². The summed E-state index contributed by atoms with van der Waals surface area (Å²) in [6, 6.07) is 11.6. The summed E-state index contributed by atoms with van der Waals surface area (Å²) in [5, 5.41) is 25.3. The molecule has 0 unspecified atom stereocenters. The number of aromatic nitrogens is 1. The molecule has 1 saturated carbocycles. The third kappa shape index (κ3) is 6.74. The molecule has 1 aromatic heterocycles. The molecule has 1 aliphatic carbocycles. The van der Waals surface area contributed by atoms with E-state index in [0.717, 1.165) is 30.4 Å². The quantitative estimate of drug-likeness (QED) is 0.0916. The highest BCUT2D eigenvalue weighted by molar-refractivity contribution is 5.93. The molecule has 4 N–H and O–H groups in total. The number of benzene rings is 1. The van der Waals surface area contributed by atoms with Gasteiger partial charge in [0.05, 0.1) is 29.7 Å². The molecular weight excluding hydrogens is 488 g/mol. The summed E-state index contributed by atoms with van der Waals surface area (Å²) in [6.45, 7) is 3.71. The number of amides is 3. The summed E-state index contributed by atoms with van der Waals surface area (Å²) in [5.74, 6) is -2.26. The predicted molar refractivity (Wildman–Crippen MR) is 140 cm³/mol. The summed E-state index contributed by atoms with van der Waals surface area (Å²) >= 11 is 0. The minimum absolute atomic E-state index is 0.136. The Hall–Kier alpha value is -3.79. The SMILES string of the molecule is CCCCC[C@@H](C(=O)NCNC(=O)c1cccc(-c2ccc(C3(C(=O)O)CC3)cc2)n1)[C@@H](CC)N(O)C=O. The number of carbonyl (C=O) groups is 4. The number of hydrogen-bond acceptors (Lipinski definition) is 6. The second-order valence-corrected chi connectivity index (χ2v) is 9.66. The van der Waals surface area contributed by atoms with Crippen molar-refractivity contribution in [3.05, 3.63) is 53.7 Å². The molecule has 0 aliphatic heterocycles. The van der Waals surface area contributed by atoms with Gasteiger partial charge in [0.25, 0.3) is 5.91 Å². The maximum absolute atomic E-state index is 12.9. The van der Waals surface area contributed by atoms with Gasteiger partial charge >= 0.3 is 5.97 Å². The molecule has 0 bridgehead atoms. The van der Waals surface area contributed by atoms with Crippen molar-refractivity contribution < 1.29 is 29.5 Å². The van der Waals surface area contributed by atoms with Crippen molar-refractivity contribution in [1.82, 2.24) is 20.7 Å². The molecule has 38 heavy (non-hydrogen) atoms. The molecule has 3 rings (SSSR count). The largest absolute Gasteiger partial charge is 0.481 e. The number of aliphatic carboxylic acids is 1. The molecule has 2 aromatic rings. The number of rotatable bonds is 15. The Kier molecular flexibility index (Phi) is 9.95. The van der Waals surface area contributed by atoms with Crippen LogP contribution in [-0.4, -0.2) is 57.3 Å². The van der Waals surface area contributed by atoms with Gasteiger partial charge in [-0.2, -0.15) is 0 Å². The van der Waals surface area contributed by atoms with Crippen molar-refractivity contribution >= 4 is 24.2 Å². The molecule has 3 amide bonds. The number of nitrogens with one attached hydrogen (secondary N) is 2. The van der Waals surface area contributed by atoms with Crippen LogP contribution in [0.2, 0.25) is 0 Å². The molecular formula is C28H36N4O6. The van der Waals surface area contributed by atoms with Gasteiger partial charge in [0.1, 0.15) is 5.69 Å². The summed E-state index contributed by atoms with van der Waals surface area (Å²) in [5.41, 5.74) is 1.45. The van der Waals surface area contributed by atoms with E-state index >= 15 is 0 Å². The van der Waals surface area contributed by atoms with Gasteiger partial charge < -0.3 is 15.7 Å². The predicted octanol–water partition coefficient (Wildman–Crippen LogP) is 3.49. The lowest BCUT2D eigenvalue weighted by atomic mass is 9.90. The van der Waals surface area contributed by atoms with Crippen LogP contribution in [0.1, 0.15) is 74.8 Å². The summed E-state index contributed by atoms with van der Waals surface area (Å²) < 4.78 is 0. The monoisotopic (exact) mass is 524 g/mol. The minimum Gasteiger partial charge on any atom is -0.481 e. The number of unbranched alkanes of at least 4 members (excludes halogenated alkanes) is 2. The number of carboxylic acids is 1. The lowest BCUT2D eigenvalue weighted by Crippen LogP contribution is -2.47. The second kappa shape index (κ2) is 13.1. The third-order valence-electron chi connectivity index (χ3n) is 7.17. The lowest BCUT2D eigenvalue weighted by Gasteiger charge is -2.29. The van der Waals surface area contributed by atoms with E-state index in [0.29, 0.717) is 42.9 Å².